The Hall–Kier alpha value is -0.820. The quantitative estimate of drug-likeness (QED) is 0.803. The number of benzene rings is 1. The molecule has 2 atom stereocenters. The second-order valence-corrected chi connectivity index (χ2v) is 7.60. The topological polar surface area (TPSA) is 12.0 Å². The van der Waals surface area contributed by atoms with Crippen LogP contribution in [0.15, 0.2) is 24.3 Å². The van der Waals surface area contributed by atoms with E-state index in [9.17, 15) is 0 Å². The summed E-state index contributed by atoms with van der Waals surface area (Å²) < 4.78 is 0. The summed E-state index contributed by atoms with van der Waals surface area (Å²) in [7, 11) is 0. The molecule has 1 nitrogen and oxygen atoms in total. The van der Waals surface area contributed by atoms with Gasteiger partial charge in [-0.05, 0) is 82.4 Å². The van der Waals surface area contributed by atoms with Crippen LogP contribution >= 0.6 is 0 Å². The number of hydrogen-bond acceptors (Lipinski definition) is 1. The van der Waals surface area contributed by atoms with Crippen LogP contribution in [0.25, 0.3) is 0 Å². The van der Waals surface area contributed by atoms with Gasteiger partial charge in [0, 0.05) is 5.54 Å². The van der Waals surface area contributed by atoms with Crippen molar-refractivity contribution in [1.82, 2.24) is 5.32 Å². The van der Waals surface area contributed by atoms with E-state index in [0.717, 1.165) is 18.4 Å². The monoisotopic (exact) mass is 273 g/mol. The van der Waals surface area contributed by atoms with Crippen molar-refractivity contribution in [1.29, 1.82) is 0 Å². The molecule has 2 unspecified atom stereocenters. The fourth-order valence-corrected chi connectivity index (χ4v) is 3.22. The highest BCUT2D eigenvalue weighted by Gasteiger charge is 2.20. The molecule has 1 heteroatoms. The molecule has 0 aliphatic heterocycles. The Kier molecular flexibility index (Phi) is 5.26. The molecule has 1 aliphatic carbocycles. The Labute approximate surface area is 125 Å². The van der Waals surface area contributed by atoms with Crippen molar-refractivity contribution in [2.24, 2.45) is 5.92 Å². The molecule has 0 heterocycles. The Morgan fingerprint density at radius 2 is 2.00 bits per heavy atom. The van der Waals surface area contributed by atoms with Gasteiger partial charge in [-0.2, -0.15) is 0 Å². The second-order valence-electron chi connectivity index (χ2n) is 7.60. The van der Waals surface area contributed by atoms with Crippen LogP contribution in [-0.4, -0.2) is 12.1 Å². The van der Waals surface area contributed by atoms with Crippen LogP contribution in [0.2, 0.25) is 0 Å². The lowest BCUT2D eigenvalue weighted by Gasteiger charge is -2.27. The number of nitrogens with one attached hydrogen (secondary N) is 1. The lowest BCUT2D eigenvalue weighted by molar-refractivity contribution is 0.357. The van der Waals surface area contributed by atoms with Crippen molar-refractivity contribution in [3.63, 3.8) is 0 Å². The largest absolute Gasteiger partial charge is 0.312 e. The van der Waals surface area contributed by atoms with Gasteiger partial charge in [0.25, 0.3) is 0 Å². The van der Waals surface area contributed by atoms with Crippen LogP contribution in [0.4, 0.5) is 0 Å². The van der Waals surface area contributed by atoms with Gasteiger partial charge in [-0.25, -0.2) is 0 Å². The summed E-state index contributed by atoms with van der Waals surface area (Å²) in [5.74, 6) is 1.57. The first-order chi connectivity index (χ1) is 9.46. The van der Waals surface area contributed by atoms with Crippen LogP contribution in [-0.2, 0) is 6.42 Å². The van der Waals surface area contributed by atoms with Gasteiger partial charge in [0.15, 0.2) is 0 Å². The molecule has 0 saturated heterocycles. The zero-order valence-electron chi connectivity index (χ0n) is 13.7. The second kappa shape index (κ2) is 6.76. The summed E-state index contributed by atoms with van der Waals surface area (Å²) in [6.45, 7) is 10.3. The number of hydrogen-bond donors (Lipinski definition) is 1. The molecule has 1 aromatic carbocycles. The molecular weight excluding hydrogens is 242 g/mol. The Morgan fingerprint density at radius 1 is 1.25 bits per heavy atom. The van der Waals surface area contributed by atoms with Crippen LogP contribution in [0, 0.1) is 5.92 Å². The molecule has 1 aliphatic rings. The van der Waals surface area contributed by atoms with Crippen LogP contribution in [0.5, 0.6) is 0 Å². The zero-order chi connectivity index (χ0) is 14.6. The molecule has 0 fully saturated rings. The maximum absolute atomic E-state index is 3.63. The molecule has 1 N–H and O–H groups in total. The molecule has 0 spiro atoms. The molecule has 0 bridgehead atoms. The smallest absolute Gasteiger partial charge is 0.00966 e. The van der Waals surface area contributed by atoms with E-state index < -0.39 is 0 Å². The predicted molar refractivity (Wildman–Crippen MR) is 88.3 cm³/mol. The maximum atomic E-state index is 3.63. The van der Waals surface area contributed by atoms with Gasteiger partial charge in [-0.1, -0.05) is 31.2 Å². The van der Waals surface area contributed by atoms with Crippen molar-refractivity contribution in [2.45, 2.75) is 71.3 Å². The standard InChI is InChI=1S/C19H31N/c1-15(14-20-19(2,3)4)12-13-17-10-7-9-16-8-5-6-11-18(16)17/h5-6,8,11,15,17,20H,7,9-10,12-14H2,1-4H3. The van der Waals surface area contributed by atoms with E-state index in [1.807, 2.05) is 0 Å². The van der Waals surface area contributed by atoms with Gasteiger partial charge in [-0.3, -0.25) is 0 Å². The third-order valence-electron chi connectivity index (χ3n) is 4.48. The summed E-state index contributed by atoms with van der Waals surface area (Å²) in [4.78, 5) is 0. The number of rotatable bonds is 5. The van der Waals surface area contributed by atoms with E-state index in [4.69, 9.17) is 0 Å². The Morgan fingerprint density at radius 3 is 2.75 bits per heavy atom. The SMILES string of the molecule is CC(CCC1CCCc2ccccc21)CNC(C)(C)C. The van der Waals surface area contributed by atoms with Crippen molar-refractivity contribution in [3.05, 3.63) is 35.4 Å². The van der Waals surface area contributed by atoms with Gasteiger partial charge < -0.3 is 5.32 Å². The Bertz CT molecular complexity index is 416. The Balaban J connectivity index is 1.83. The lowest BCUT2D eigenvalue weighted by Crippen LogP contribution is -2.38. The van der Waals surface area contributed by atoms with E-state index in [0.29, 0.717) is 0 Å². The van der Waals surface area contributed by atoms with Crippen LogP contribution in [0.1, 0.15) is 70.4 Å². The van der Waals surface area contributed by atoms with Gasteiger partial charge in [0.1, 0.15) is 0 Å². The fourth-order valence-electron chi connectivity index (χ4n) is 3.22. The van der Waals surface area contributed by atoms with Crippen molar-refractivity contribution >= 4 is 0 Å². The molecule has 20 heavy (non-hydrogen) atoms. The first kappa shape index (κ1) is 15.6. The highest BCUT2D eigenvalue weighted by molar-refractivity contribution is 5.32. The molecule has 0 aromatic heterocycles. The normalized spacial score (nSPS) is 20.5. The average molecular weight is 273 g/mol. The van der Waals surface area contributed by atoms with Gasteiger partial charge in [0.2, 0.25) is 0 Å². The molecule has 0 saturated carbocycles. The zero-order valence-corrected chi connectivity index (χ0v) is 13.7. The molecule has 0 amide bonds. The summed E-state index contributed by atoms with van der Waals surface area (Å²) in [5, 5.41) is 3.63. The lowest BCUT2D eigenvalue weighted by atomic mass is 9.79. The van der Waals surface area contributed by atoms with E-state index in [1.165, 1.54) is 32.1 Å². The van der Waals surface area contributed by atoms with Crippen molar-refractivity contribution in [2.75, 3.05) is 6.54 Å². The molecule has 1 aromatic rings. The van der Waals surface area contributed by atoms with E-state index in [-0.39, 0.29) is 5.54 Å². The molecular formula is C19H31N. The summed E-state index contributed by atoms with van der Waals surface area (Å²) in [6.07, 6.45) is 6.73. The summed E-state index contributed by atoms with van der Waals surface area (Å²) >= 11 is 0. The highest BCUT2D eigenvalue weighted by atomic mass is 14.9. The van der Waals surface area contributed by atoms with Crippen molar-refractivity contribution < 1.29 is 0 Å². The number of aryl methyl sites for hydroxylation is 1. The first-order valence-electron chi connectivity index (χ1n) is 8.28. The molecule has 112 valence electrons. The third kappa shape index (κ3) is 4.63. The number of fused-ring (bicyclic) bond motifs is 1. The summed E-state index contributed by atoms with van der Waals surface area (Å²) in [6, 6.07) is 9.09. The fraction of sp³-hybridized carbons (Fsp3) is 0.684. The van der Waals surface area contributed by atoms with Crippen LogP contribution < -0.4 is 5.32 Å². The predicted octanol–water partition coefficient (Wildman–Crippen LogP) is 4.91. The summed E-state index contributed by atoms with van der Waals surface area (Å²) in [5.41, 5.74) is 3.48. The van der Waals surface area contributed by atoms with E-state index in [1.54, 1.807) is 11.1 Å². The molecule has 2 rings (SSSR count). The van der Waals surface area contributed by atoms with Crippen molar-refractivity contribution in [3.8, 4) is 0 Å². The molecule has 0 radical (unpaired) electrons. The first-order valence-corrected chi connectivity index (χ1v) is 8.28. The minimum atomic E-state index is 0.242. The van der Waals surface area contributed by atoms with Crippen LogP contribution in [0.3, 0.4) is 0 Å². The minimum Gasteiger partial charge on any atom is -0.312 e. The average Bonchev–Trinajstić information content (AvgIpc) is 2.42. The third-order valence-corrected chi connectivity index (χ3v) is 4.48. The van der Waals surface area contributed by atoms with E-state index >= 15 is 0 Å². The minimum absolute atomic E-state index is 0.242. The highest BCUT2D eigenvalue weighted by Crippen LogP contribution is 2.35. The van der Waals surface area contributed by atoms with Gasteiger partial charge >= 0.3 is 0 Å². The maximum Gasteiger partial charge on any atom is 0.00966 e. The van der Waals surface area contributed by atoms with E-state index in [2.05, 4.69) is 57.3 Å². The van der Waals surface area contributed by atoms with Gasteiger partial charge in [0.05, 0.1) is 0 Å². The van der Waals surface area contributed by atoms with Gasteiger partial charge in [-0.15, -0.1) is 0 Å².